The number of amides is 1. The number of nitrogens with one attached hydrogen (secondary N) is 2. The molecule has 0 saturated heterocycles. The fourth-order valence-corrected chi connectivity index (χ4v) is 5.15. The molecule has 3 aromatic rings. The highest BCUT2D eigenvalue weighted by Crippen LogP contribution is 2.32. The second-order valence-electron chi connectivity index (χ2n) is 7.96. The largest absolute Gasteiger partial charge is 0.361 e. The first-order chi connectivity index (χ1) is 13.7. The van der Waals surface area contributed by atoms with Crippen LogP contribution in [0.1, 0.15) is 55.4 Å². The van der Waals surface area contributed by atoms with Gasteiger partial charge in [0.1, 0.15) is 0 Å². The Morgan fingerprint density at radius 1 is 1.21 bits per heavy atom. The number of carbonyl (C=O) groups excluding carboxylic acids is 1. The summed E-state index contributed by atoms with van der Waals surface area (Å²) in [7, 11) is 0. The number of nitrogens with two attached hydrogens (primary N) is 1. The highest BCUT2D eigenvalue weighted by molar-refractivity contribution is 7.10. The molecule has 2 atom stereocenters. The maximum atomic E-state index is 12.7. The van der Waals surface area contributed by atoms with E-state index in [0.717, 1.165) is 19.4 Å². The average Bonchev–Trinajstić information content (AvgIpc) is 3.40. The van der Waals surface area contributed by atoms with E-state index in [0.29, 0.717) is 6.04 Å². The monoisotopic (exact) mass is 396 g/mol. The quantitative estimate of drug-likeness (QED) is 0.559. The first-order valence-electron chi connectivity index (χ1n) is 10.5. The van der Waals surface area contributed by atoms with Crippen LogP contribution in [0.25, 0.3) is 10.9 Å². The van der Waals surface area contributed by atoms with Crippen molar-refractivity contribution in [3.8, 4) is 0 Å². The molecule has 2 aromatic heterocycles. The lowest BCUT2D eigenvalue weighted by Crippen LogP contribution is -2.92. The Morgan fingerprint density at radius 2 is 2.04 bits per heavy atom. The summed E-state index contributed by atoms with van der Waals surface area (Å²) >= 11 is 1.79. The zero-order valence-corrected chi connectivity index (χ0v) is 17.3. The SMILES string of the molecule is C[C@H]([NH2+]C[C@@H](c1cccs1)c1c[nH]c2ccccc12)C(=O)NC1CCCCC1. The summed E-state index contributed by atoms with van der Waals surface area (Å²) in [6, 6.07) is 13.1. The third-order valence-corrected chi connectivity index (χ3v) is 6.96. The number of hydrogen-bond donors (Lipinski definition) is 3. The summed E-state index contributed by atoms with van der Waals surface area (Å²) in [6.45, 7) is 2.89. The van der Waals surface area contributed by atoms with Crippen molar-refractivity contribution in [1.82, 2.24) is 10.3 Å². The summed E-state index contributed by atoms with van der Waals surface area (Å²) < 4.78 is 0. The minimum absolute atomic E-state index is 0.0744. The zero-order chi connectivity index (χ0) is 19.3. The van der Waals surface area contributed by atoms with Gasteiger partial charge in [-0.05, 0) is 42.8 Å². The number of hydrogen-bond acceptors (Lipinski definition) is 2. The number of para-hydroxylation sites is 1. The molecule has 1 fully saturated rings. The molecule has 1 amide bonds. The molecule has 4 nitrogen and oxygen atoms in total. The fraction of sp³-hybridized carbons (Fsp3) is 0.435. The van der Waals surface area contributed by atoms with Crippen molar-refractivity contribution >= 4 is 28.1 Å². The van der Waals surface area contributed by atoms with Crippen LogP contribution in [0, 0.1) is 0 Å². The smallest absolute Gasteiger partial charge is 0.278 e. The van der Waals surface area contributed by atoms with Gasteiger partial charge < -0.3 is 15.6 Å². The van der Waals surface area contributed by atoms with Crippen LogP contribution >= 0.6 is 11.3 Å². The molecule has 0 spiro atoms. The van der Waals surface area contributed by atoms with E-state index in [4.69, 9.17) is 0 Å². The van der Waals surface area contributed by atoms with Crippen molar-refractivity contribution in [1.29, 1.82) is 0 Å². The van der Waals surface area contributed by atoms with Gasteiger partial charge in [-0.3, -0.25) is 4.79 Å². The third-order valence-electron chi connectivity index (χ3n) is 5.97. The maximum absolute atomic E-state index is 12.7. The highest BCUT2D eigenvalue weighted by Gasteiger charge is 2.25. The highest BCUT2D eigenvalue weighted by atomic mass is 32.1. The summed E-state index contributed by atoms with van der Waals surface area (Å²) in [6.07, 6.45) is 8.18. The van der Waals surface area contributed by atoms with Crippen LogP contribution in [0.15, 0.2) is 48.0 Å². The minimum Gasteiger partial charge on any atom is -0.361 e. The van der Waals surface area contributed by atoms with E-state index in [-0.39, 0.29) is 17.9 Å². The van der Waals surface area contributed by atoms with E-state index in [1.54, 1.807) is 11.3 Å². The number of quaternary nitrogens is 1. The third kappa shape index (κ3) is 4.31. The average molecular weight is 397 g/mol. The molecule has 1 aromatic carbocycles. The molecule has 2 heterocycles. The lowest BCUT2D eigenvalue weighted by Gasteiger charge is -2.24. The molecule has 0 bridgehead atoms. The number of thiophene rings is 1. The van der Waals surface area contributed by atoms with E-state index < -0.39 is 0 Å². The Hall–Kier alpha value is -2.11. The van der Waals surface area contributed by atoms with Crippen molar-refractivity contribution in [2.75, 3.05) is 6.54 Å². The van der Waals surface area contributed by atoms with Crippen LogP contribution in [-0.4, -0.2) is 29.5 Å². The molecule has 0 radical (unpaired) electrons. The van der Waals surface area contributed by atoms with Crippen LogP contribution in [0.3, 0.4) is 0 Å². The molecule has 148 valence electrons. The molecule has 1 saturated carbocycles. The molecule has 1 aliphatic carbocycles. The zero-order valence-electron chi connectivity index (χ0n) is 16.5. The van der Waals surface area contributed by atoms with Gasteiger partial charge in [0, 0.05) is 28.0 Å². The molecule has 28 heavy (non-hydrogen) atoms. The van der Waals surface area contributed by atoms with E-state index in [2.05, 4.69) is 63.6 Å². The molecular weight excluding hydrogens is 366 g/mol. The van der Waals surface area contributed by atoms with Gasteiger partial charge in [-0.25, -0.2) is 0 Å². The predicted molar refractivity (Wildman–Crippen MR) is 116 cm³/mol. The van der Waals surface area contributed by atoms with Crippen LogP contribution < -0.4 is 10.6 Å². The van der Waals surface area contributed by atoms with E-state index >= 15 is 0 Å². The maximum Gasteiger partial charge on any atom is 0.278 e. The Kier molecular flexibility index (Phi) is 6.13. The van der Waals surface area contributed by atoms with Crippen molar-refractivity contribution in [3.63, 3.8) is 0 Å². The Labute approximate surface area is 170 Å². The van der Waals surface area contributed by atoms with Crippen LogP contribution in [0.5, 0.6) is 0 Å². The molecule has 5 heteroatoms. The van der Waals surface area contributed by atoms with Gasteiger partial charge in [0.2, 0.25) is 0 Å². The molecule has 0 aliphatic heterocycles. The fourth-order valence-electron chi connectivity index (χ4n) is 4.29. The van der Waals surface area contributed by atoms with Crippen molar-refractivity contribution < 1.29 is 10.1 Å². The van der Waals surface area contributed by atoms with Crippen LogP contribution in [0.4, 0.5) is 0 Å². The minimum atomic E-state index is -0.0744. The van der Waals surface area contributed by atoms with Crippen molar-refractivity contribution in [2.45, 2.75) is 57.0 Å². The summed E-state index contributed by atoms with van der Waals surface area (Å²) in [5, 5.41) is 8.87. The van der Waals surface area contributed by atoms with Crippen molar-refractivity contribution in [3.05, 3.63) is 58.4 Å². The molecule has 0 unspecified atom stereocenters. The first-order valence-corrected chi connectivity index (χ1v) is 11.3. The van der Waals surface area contributed by atoms with Gasteiger partial charge in [-0.2, -0.15) is 0 Å². The van der Waals surface area contributed by atoms with Crippen LogP contribution in [-0.2, 0) is 4.79 Å². The second-order valence-corrected chi connectivity index (χ2v) is 8.94. The second kappa shape index (κ2) is 8.93. The lowest BCUT2D eigenvalue weighted by molar-refractivity contribution is -0.674. The summed E-state index contributed by atoms with van der Waals surface area (Å²) in [4.78, 5) is 17.4. The number of fused-ring (bicyclic) bond motifs is 1. The Balaban J connectivity index is 1.45. The number of rotatable bonds is 7. The number of carbonyl (C=O) groups is 1. The summed E-state index contributed by atoms with van der Waals surface area (Å²) in [5.74, 6) is 0.455. The number of aromatic nitrogens is 1. The molecule has 4 rings (SSSR count). The van der Waals surface area contributed by atoms with Gasteiger partial charge in [0.15, 0.2) is 6.04 Å². The van der Waals surface area contributed by atoms with E-state index in [1.165, 1.54) is 40.6 Å². The molecule has 1 aliphatic rings. The van der Waals surface area contributed by atoms with Gasteiger partial charge >= 0.3 is 0 Å². The van der Waals surface area contributed by atoms with Crippen molar-refractivity contribution in [2.24, 2.45) is 0 Å². The lowest BCUT2D eigenvalue weighted by atomic mass is 9.95. The standard InChI is InChI=1S/C23H29N3OS/c1-16(23(27)26-17-8-3-2-4-9-17)24-15-20(22-12-7-13-28-22)19-14-25-21-11-6-5-10-18(19)21/h5-7,10-14,16-17,20,24-25H,2-4,8-9,15H2,1H3,(H,26,27)/p+1/t16-,20+/m0/s1. The summed E-state index contributed by atoms with van der Waals surface area (Å²) in [5.41, 5.74) is 2.48. The predicted octanol–water partition coefficient (Wildman–Crippen LogP) is 3.76. The topological polar surface area (TPSA) is 61.5 Å². The van der Waals surface area contributed by atoms with Gasteiger partial charge in [0.25, 0.3) is 5.91 Å². The molecular formula is C23H30N3OS+. The normalized spacial score (nSPS) is 17.5. The molecule has 4 N–H and O–H groups in total. The number of benzene rings is 1. The Bertz CT molecular complexity index is 896. The first kappa shape index (κ1) is 19.2. The van der Waals surface area contributed by atoms with Gasteiger partial charge in [-0.15, -0.1) is 11.3 Å². The van der Waals surface area contributed by atoms with E-state index in [1.807, 2.05) is 6.92 Å². The van der Waals surface area contributed by atoms with Crippen LogP contribution in [0.2, 0.25) is 0 Å². The number of aromatic amines is 1. The Morgan fingerprint density at radius 3 is 2.82 bits per heavy atom. The number of H-pyrrole nitrogens is 1. The van der Waals surface area contributed by atoms with Gasteiger partial charge in [-0.1, -0.05) is 43.5 Å². The van der Waals surface area contributed by atoms with E-state index in [9.17, 15) is 4.79 Å². The van der Waals surface area contributed by atoms with Gasteiger partial charge in [0.05, 0.1) is 12.5 Å².